The van der Waals surface area contributed by atoms with Crippen molar-refractivity contribution in [2.24, 2.45) is 0 Å². The molecule has 1 aromatic heterocycles. The van der Waals surface area contributed by atoms with Gasteiger partial charge in [-0.25, -0.2) is 9.37 Å². The maximum Gasteiger partial charge on any atom is 0.135 e. The van der Waals surface area contributed by atoms with Crippen LogP contribution in [0, 0.1) is 5.82 Å². The van der Waals surface area contributed by atoms with Crippen molar-refractivity contribution in [3.63, 3.8) is 0 Å². The van der Waals surface area contributed by atoms with E-state index in [1.165, 1.54) is 12.1 Å². The molecule has 0 unspecified atom stereocenters. The van der Waals surface area contributed by atoms with E-state index >= 15 is 0 Å². The second-order valence-electron chi connectivity index (χ2n) is 3.29. The fraction of sp³-hybridized carbons (Fsp3) is 0.0833. The number of aliphatic hydroxyl groups is 1. The molecule has 0 radical (unpaired) electrons. The summed E-state index contributed by atoms with van der Waals surface area (Å²) in [6, 6.07) is 7.75. The van der Waals surface area contributed by atoms with E-state index in [-0.39, 0.29) is 17.6 Å². The minimum Gasteiger partial charge on any atom is -0.392 e. The highest BCUT2D eigenvalue weighted by molar-refractivity contribution is 6.30. The van der Waals surface area contributed by atoms with Crippen LogP contribution in [-0.2, 0) is 6.61 Å². The number of rotatable bonds is 2. The molecule has 2 rings (SSSR count). The molecule has 0 aliphatic carbocycles. The normalized spacial score (nSPS) is 10.4. The van der Waals surface area contributed by atoms with Crippen LogP contribution in [0.2, 0.25) is 5.15 Å². The summed E-state index contributed by atoms with van der Waals surface area (Å²) in [7, 11) is 0. The molecular formula is C12H9ClFNO. The number of aromatic nitrogens is 1. The first-order valence-electron chi connectivity index (χ1n) is 4.72. The molecule has 0 fully saturated rings. The third-order valence-corrected chi connectivity index (χ3v) is 2.64. The molecular weight excluding hydrogens is 229 g/mol. The van der Waals surface area contributed by atoms with Crippen molar-refractivity contribution in [1.29, 1.82) is 0 Å². The summed E-state index contributed by atoms with van der Waals surface area (Å²) in [5.74, 6) is -0.297. The molecule has 16 heavy (non-hydrogen) atoms. The lowest BCUT2D eigenvalue weighted by molar-refractivity contribution is 0.282. The monoisotopic (exact) mass is 237 g/mol. The number of nitrogens with zero attached hydrogens (tertiary/aromatic N) is 1. The highest BCUT2D eigenvalue weighted by Crippen LogP contribution is 2.27. The third-order valence-electron chi connectivity index (χ3n) is 2.32. The summed E-state index contributed by atoms with van der Waals surface area (Å²) in [5, 5.41) is 9.48. The van der Waals surface area contributed by atoms with E-state index in [0.29, 0.717) is 5.56 Å². The van der Waals surface area contributed by atoms with E-state index < -0.39 is 0 Å². The van der Waals surface area contributed by atoms with Crippen LogP contribution in [-0.4, -0.2) is 10.1 Å². The maximum atomic E-state index is 12.8. The van der Waals surface area contributed by atoms with Gasteiger partial charge in [-0.3, -0.25) is 0 Å². The Morgan fingerprint density at radius 3 is 2.50 bits per heavy atom. The lowest BCUT2D eigenvalue weighted by atomic mass is 10.0. The van der Waals surface area contributed by atoms with Crippen molar-refractivity contribution >= 4 is 11.6 Å². The van der Waals surface area contributed by atoms with Gasteiger partial charge in [0.25, 0.3) is 0 Å². The first-order chi connectivity index (χ1) is 7.72. The Kier molecular flexibility index (Phi) is 3.17. The Hall–Kier alpha value is -1.45. The van der Waals surface area contributed by atoms with Crippen LogP contribution in [0.1, 0.15) is 5.56 Å². The molecule has 2 nitrogen and oxygen atoms in total. The van der Waals surface area contributed by atoms with Crippen molar-refractivity contribution in [2.75, 3.05) is 0 Å². The second kappa shape index (κ2) is 4.60. The predicted octanol–water partition coefficient (Wildman–Crippen LogP) is 3.03. The first kappa shape index (κ1) is 11.0. The highest BCUT2D eigenvalue weighted by Gasteiger charge is 2.08. The summed E-state index contributed by atoms with van der Waals surface area (Å²) in [6.45, 7) is -0.195. The molecule has 1 aromatic carbocycles. The molecule has 4 heteroatoms. The molecule has 0 aliphatic rings. The number of aliphatic hydroxyl groups excluding tert-OH is 1. The Bertz CT molecular complexity index is 499. The number of benzene rings is 1. The van der Waals surface area contributed by atoms with Crippen molar-refractivity contribution in [1.82, 2.24) is 4.98 Å². The average Bonchev–Trinajstić information content (AvgIpc) is 2.30. The largest absolute Gasteiger partial charge is 0.392 e. The van der Waals surface area contributed by atoms with Crippen LogP contribution in [0.4, 0.5) is 4.39 Å². The lowest BCUT2D eigenvalue weighted by Crippen LogP contribution is -1.93. The van der Waals surface area contributed by atoms with Crippen LogP contribution < -0.4 is 0 Å². The summed E-state index contributed by atoms with van der Waals surface area (Å²) in [6.07, 6.45) is 1.56. The number of hydrogen-bond donors (Lipinski definition) is 1. The highest BCUT2D eigenvalue weighted by atomic mass is 35.5. The van der Waals surface area contributed by atoms with Crippen LogP contribution in [0.5, 0.6) is 0 Å². The van der Waals surface area contributed by atoms with E-state index in [4.69, 9.17) is 11.6 Å². The Balaban J connectivity index is 2.55. The molecule has 0 atom stereocenters. The van der Waals surface area contributed by atoms with Gasteiger partial charge in [-0.1, -0.05) is 23.7 Å². The fourth-order valence-corrected chi connectivity index (χ4v) is 1.74. The molecule has 1 N–H and O–H groups in total. The van der Waals surface area contributed by atoms with Gasteiger partial charge in [0.1, 0.15) is 11.0 Å². The molecule has 0 bridgehead atoms. The third kappa shape index (κ3) is 2.05. The molecule has 0 saturated carbocycles. The minimum atomic E-state index is -0.297. The van der Waals surface area contributed by atoms with Gasteiger partial charge in [0.15, 0.2) is 0 Å². The van der Waals surface area contributed by atoms with E-state index in [1.807, 2.05) is 0 Å². The molecule has 0 amide bonds. The van der Waals surface area contributed by atoms with Gasteiger partial charge in [0.05, 0.1) is 6.61 Å². The number of pyridine rings is 1. The van der Waals surface area contributed by atoms with Gasteiger partial charge < -0.3 is 5.11 Å². The Labute approximate surface area is 97.3 Å². The van der Waals surface area contributed by atoms with Gasteiger partial charge in [0.2, 0.25) is 0 Å². The zero-order valence-corrected chi connectivity index (χ0v) is 9.08. The Morgan fingerprint density at radius 1 is 1.19 bits per heavy atom. The van der Waals surface area contributed by atoms with Crippen LogP contribution in [0.15, 0.2) is 36.5 Å². The van der Waals surface area contributed by atoms with E-state index in [1.54, 1.807) is 24.4 Å². The fourth-order valence-electron chi connectivity index (χ4n) is 1.52. The Morgan fingerprint density at radius 2 is 1.88 bits per heavy atom. The van der Waals surface area contributed by atoms with Gasteiger partial charge >= 0.3 is 0 Å². The standard InChI is InChI=1S/C12H9ClFNO/c13-12-11(7-16)10(5-6-15-12)8-1-3-9(14)4-2-8/h1-6,16H,7H2. The van der Waals surface area contributed by atoms with Crippen LogP contribution in [0.25, 0.3) is 11.1 Å². The zero-order chi connectivity index (χ0) is 11.5. The van der Waals surface area contributed by atoms with Crippen molar-refractivity contribution < 1.29 is 9.50 Å². The molecule has 0 spiro atoms. The predicted molar refractivity (Wildman–Crippen MR) is 60.6 cm³/mol. The SMILES string of the molecule is OCc1c(-c2ccc(F)cc2)ccnc1Cl. The topological polar surface area (TPSA) is 33.1 Å². The maximum absolute atomic E-state index is 12.8. The van der Waals surface area contributed by atoms with Gasteiger partial charge in [-0.05, 0) is 29.3 Å². The second-order valence-corrected chi connectivity index (χ2v) is 3.65. The number of hydrogen-bond acceptors (Lipinski definition) is 2. The first-order valence-corrected chi connectivity index (χ1v) is 5.10. The van der Waals surface area contributed by atoms with E-state index in [0.717, 1.165) is 11.1 Å². The zero-order valence-electron chi connectivity index (χ0n) is 8.32. The average molecular weight is 238 g/mol. The van der Waals surface area contributed by atoms with E-state index in [2.05, 4.69) is 4.98 Å². The molecule has 0 saturated heterocycles. The van der Waals surface area contributed by atoms with Crippen molar-refractivity contribution in [3.8, 4) is 11.1 Å². The lowest BCUT2D eigenvalue weighted by Gasteiger charge is -2.08. The molecule has 2 aromatic rings. The molecule has 1 heterocycles. The quantitative estimate of drug-likeness (QED) is 0.815. The van der Waals surface area contributed by atoms with Crippen LogP contribution in [0.3, 0.4) is 0 Å². The number of halogens is 2. The van der Waals surface area contributed by atoms with Gasteiger partial charge in [0, 0.05) is 11.8 Å². The molecule has 0 aliphatic heterocycles. The van der Waals surface area contributed by atoms with Crippen LogP contribution >= 0.6 is 11.6 Å². The summed E-state index contributed by atoms with van der Waals surface area (Å²) < 4.78 is 12.8. The summed E-state index contributed by atoms with van der Waals surface area (Å²) >= 11 is 5.87. The summed E-state index contributed by atoms with van der Waals surface area (Å²) in [4.78, 5) is 3.89. The molecule has 82 valence electrons. The smallest absolute Gasteiger partial charge is 0.135 e. The van der Waals surface area contributed by atoms with Gasteiger partial charge in [-0.2, -0.15) is 0 Å². The van der Waals surface area contributed by atoms with E-state index in [9.17, 15) is 9.50 Å². The van der Waals surface area contributed by atoms with Crippen molar-refractivity contribution in [2.45, 2.75) is 6.61 Å². The minimum absolute atomic E-state index is 0.195. The van der Waals surface area contributed by atoms with Crippen molar-refractivity contribution in [3.05, 3.63) is 53.1 Å². The van der Waals surface area contributed by atoms with Gasteiger partial charge in [-0.15, -0.1) is 0 Å². The summed E-state index contributed by atoms with van der Waals surface area (Å²) in [5.41, 5.74) is 2.12.